The molecule has 3 heterocycles. The lowest BCUT2D eigenvalue weighted by atomic mass is 9.89. The number of hydrogen-bond acceptors (Lipinski definition) is 8. The van der Waals surface area contributed by atoms with E-state index in [0.717, 1.165) is 12.8 Å². The summed E-state index contributed by atoms with van der Waals surface area (Å²) in [5, 5.41) is 30.1. The second-order valence-electron chi connectivity index (χ2n) is 7.46. The van der Waals surface area contributed by atoms with Crippen LogP contribution in [0.4, 0.5) is 5.82 Å². The molecular weight excluding hydrogens is 366 g/mol. The Morgan fingerprint density at radius 3 is 2.71 bits per heavy atom. The number of aliphatic carboxylic acids is 1. The van der Waals surface area contributed by atoms with Crippen LogP contribution in [0.5, 0.6) is 0 Å². The first-order chi connectivity index (χ1) is 13.3. The zero-order chi connectivity index (χ0) is 20.4. The predicted octanol–water partition coefficient (Wildman–Crippen LogP) is 0.945. The Kier molecular flexibility index (Phi) is 6.11. The maximum absolute atomic E-state index is 11.0. The van der Waals surface area contributed by atoms with Gasteiger partial charge in [0.15, 0.2) is 17.7 Å². The average Bonchev–Trinajstić information content (AvgIpc) is 3.21. The van der Waals surface area contributed by atoms with E-state index in [1.54, 1.807) is 11.5 Å². The summed E-state index contributed by atoms with van der Waals surface area (Å²) in [6.45, 7) is 3.71. The Morgan fingerprint density at radius 2 is 2.04 bits per heavy atom. The van der Waals surface area contributed by atoms with Crippen molar-refractivity contribution in [3.05, 3.63) is 12.7 Å². The molecule has 0 bridgehead atoms. The number of nitrogen functional groups attached to an aromatic ring is 1. The smallest absolute Gasteiger partial charge is 0.306 e. The summed E-state index contributed by atoms with van der Waals surface area (Å²) >= 11 is 0. The molecule has 3 rings (SSSR count). The highest BCUT2D eigenvalue weighted by Gasteiger charge is 2.44. The highest BCUT2D eigenvalue weighted by molar-refractivity contribution is 5.81. The molecule has 2 aromatic rings. The first-order valence-corrected chi connectivity index (χ1v) is 9.50. The van der Waals surface area contributed by atoms with E-state index in [0.29, 0.717) is 24.0 Å². The van der Waals surface area contributed by atoms with Crippen LogP contribution in [0.15, 0.2) is 12.7 Å². The Morgan fingerprint density at radius 1 is 1.29 bits per heavy atom. The van der Waals surface area contributed by atoms with E-state index in [9.17, 15) is 15.0 Å². The molecule has 1 aliphatic rings. The van der Waals surface area contributed by atoms with Crippen molar-refractivity contribution in [3.8, 4) is 0 Å². The summed E-state index contributed by atoms with van der Waals surface area (Å²) in [6.07, 6.45) is 1.80. The fraction of sp³-hybridized carbons (Fsp3) is 0.667. The Labute approximate surface area is 162 Å². The summed E-state index contributed by atoms with van der Waals surface area (Å²) in [4.78, 5) is 23.2. The lowest BCUT2D eigenvalue weighted by molar-refractivity contribution is -0.141. The predicted molar refractivity (Wildman–Crippen MR) is 100 cm³/mol. The van der Waals surface area contributed by atoms with Crippen molar-refractivity contribution in [3.63, 3.8) is 0 Å². The number of carboxylic acid groups (broad SMARTS) is 1. The summed E-state index contributed by atoms with van der Waals surface area (Å²) in [6, 6.07) is 0. The van der Waals surface area contributed by atoms with E-state index in [1.807, 2.05) is 6.92 Å². The molecule has 2 aromatic heterocycles. The van der Waals surface area contributed by atoms with Gasteiger partial charge in [-0.3, -0.25) is 9.36 Å². The quantitative estimate of drug-likeness (QED) is 0.512. The lowest BCUT2D eigenvalue weighted by Gasteiger charge is -2.22. The van der Waals surface area contributed by atoms with Crippen molar-refractivity contribution in [2.24, 2.45) is 11.8 Å². The van der Waals surface area contributed by atoms with Gasteiger partial charge in [-0.25, -0.2) is 15.0 Å². The van der Waals surface area contributed by atoms with Gasteiger partial charge in [-0.15, -0.1) is 0 Å². The van der Waals surface area contributed by atoms with Gasteiger partial charge in [0.25, 0.3) is 0 Å². The van der Waals surface area contributed by atoms with Crippen LogP contribution in [0.25, 0.3) is 11.2 Å². The third-order valence-corrected chi connectivity index (χ3v) is 5.57. The summed E-state index contributed by atoms with van der Waals surface area (Å²) < 4.78 is 7.52. The van der Waals surface area contributed by atoms with E-state index in [2.05, 4.69) is 15.0 Å². The molecule has 0 spiro atoms. The largest absolute Gasteiger partial charge is 0.481 e. The SMILES string of the molecule is CC[C@@H](CCC(C)C(=O)O)C[C@H]1O[C@@H](n2cnc3c(N)ncnc32)[C@@H](O)C1O. The van der Waals surface area contributed by atoms with Gasteiger partial charge in [0.05, 0.1) is 18.3 Å². The molecule has 5 N–H and O–H groups in total. The standard InChI is InChI=1S/C18H27N5O5/c1-3-10(5-4-9(2)18(26)27)6-11-13(24)14(25)17(28-11)23-8-22-12-15(19)20-7-21-16(12)23/h7-11,13-14,17,24-25H,3-6H2,1-2H3,(H,26,27)(H2,19,20,21)/t9?,10-,11+,13?,14-,17+/m0/s1. The van der Waals surface area contributed by atoms with Crippen LogP contribution in [0.2, 0.25) is 0 Å². The lowest BCUT2D eigenvalue weighted by Crippen LogP contribution is -2.32. The van der Waals surface area contributed by atoms with Crippen LogP contribution in [0, 0.1) is 11.8 Å². The van der Waals surface area contributed by atoms with Crippen LogP contribution < -0.4 is 5.73 Å². The highest BCUT2D eigenvalue weighted by atomic mass is 16.6. The molecule has 6 atom stereocenters. The maximum Gasteiger partial charge on any atom is 0.306 e. The minimum absolute atomic E-state index is 0.185. The molecule has 10 heteroatoms. The van der Waals surface area contributed by atoms with Crippen molar-refractivity contribution >= 4 is 23.0 Å². The topological polar surface area (TPSA) is 157 Å². The van der Waals surface area contributed by atoms with Gasteiger partial charge in [-0.2, -0.15) is 0 Å². The Balaban J connectivity index is 1.71. The van der Waals surface area contributed by atoms with E-state index >= 15 is 0 Å². The van der Waals surface area contributed by atoms with Crippen molar-refractivity contribution in [1.29, 1.82) is 0 Å². The van der Waals surface area contributed by atoms with Gasteiger partial charge in [0.2, 0.25) is 0 Å². The summed E-state index contributed by atoms with van der Waals surface area (Å²) in [5.41, 5.74) is 6.63. The van der Waals surface area contributed by atoms with Crippen LogP contribution in [-0.2, 0) is 9.53 Å². The number of aromatic nitrogens is 4. The number of aliphatic hydroxyl groups excluding tert-OH is 2. The van der Waals surface area contributed by atoms with Crippen molar-refractivity contribution < 1.29 is 24.9 Å². The number of carbonyl (C=O) groups is 1. The molecule has 1 aliphatic heterocycles. The van der Waals surface area contributed by atoms with Crippen LogP contribution in [0.3, 0.4) is 0 Å². The molecule has 10 nitrogen and oxygen atoms in total. The molecule has 0 saturated carbocycles. The van der Waals surface area contributed by atoms with Gasteiger partial charge in [-0.1, -0.05) is 20.3 Å². The van der Waals surface area contributed by atoms with Crippen LogP contribution in [-0.4, -0.2) is 59.1 Å². The molecule has 0 aromatic carbocycles. The van der Waals surface area contributed by atoms with Gasteiger partial charge in [0.1, 0.15) is 24.1 Å². The number of aliphatic hydroxyl groups is 2. The number of nitrogens with two attached hydrogens (primary N) is 1. The molecule has 2 unspecified atom stereocenters. The van der Waals surface area contributed by atoms with Crippen LogP contribution >= 0.6 is 0 Å². The second kappa shape index (κ2) is 8.38. The molecule has 1 saturated heterocycles. The van der Waals surface area contributed by atoms with Crippen molar-refractivity contribution in [2.45, 2.75) is 64.1 Å². The Bertz CT molecular complexity index is 828. The number of imidazole rings is 1. The van der Waals surface area contributed by atoms with Gasteiger partial charge in [-0.05, 0) is 25.2 Å². The van der Waals surface area contributed by atoms with Gasteiger partial charge < -0.3 is 25.8 Å². The van der Waals surface area contributed by atoms with Crippen LogP contribution in [0.1, 0.15) is 45.8 Å². The number of hydrogen-bond donors (Lipinski definition) is 4. The number of rotatable bonds is 8. The first kappa shape index (κ1) is 20.4. The Hall–Kier alpha value is -2.30. The van der Waals surface area contributed by atoms with E-state index in [4.69, 9.17) is 15.6 Å². The van der Waals surface area contributed by atoms with E-state index in [-0.39, 0.29) is 11.7 Å². The zero-order valence-corrected chi connectivity index (χ0v) is 16.0. The molecule has 0 amide bonds. The van der Waals surface area contributed by atoms with Gasteiger partial charge >= 0.3 is 5.97 Å². The summed E-state index contributed by atoms with van der Waals surface area (Å²) in [5.74, 6) is -0.808. The monoisotopic (exact) mass is 393 g/mol. The van der Waals surface area contributed by atoms with Crippen molar-refractivity contribution in [2.75, 3.05) is 5.73 Å². The van der Waals surface area contributed by atoms with E-state index in [1.165, 1.54) is 12.7 Å². The number of fused-ring (bicyclic) bond motifs is 1. The number of carboxylic acids is 1. The number of anilines is 1. The number of ether oxygens (including phenoxy) is 1. The van der Waals surface area contributed by atoms with Gasteiger partial charge in [0, 0.05) is 0 Å². The maximum atomic E-state index is 11.0. The minimum Gasteiger partial charge on any atom is -0.481 e. The molecular formula is C18H27N5O5. The molecule has 0 aliphatic carbocycles. The minimum atomic E-state index is -1.14. The average molecular weight is 393 g/mol. The normalized spacial score (nSPS) is 27.1. The molecule has 1 fully saturated rings. The van der Waals surface area contributed by atoms with Crippen molar-refractivity contribution in [1.82, 2.24) is 19.5 Å². The third-order valence-electron chi connectivity index (χ3n) is 5.57. The third kappa shape index (κ3) is 3.94. The fourth-order valence-electron chi connectivity index (χ4n) is 3.64. The molecule has 28 heavy (non-hydrogen) atoms. The fourth-order valence-corrected chi connectivity index (χ4v) is 3.64. The highest BCUT2D eigenvalue weighted by Crippen LogP contribution is 2.35. The molecule has 0 radical (unpaired) electrons. The second-order valence-corrected chi connectivity index (χ2v) is 7.46. The molecule has 154 valence electrons. The zero-order valence-electron chi connectivity index (χ0n) is 16.0. The number of nitrogens with zero attached hydrogens (tertiary/aromatic N) is 4. The first-order valence-electron chi connectivity index (χ1n) is 9.50. The summed E-state index contributed by atoms with van der Waals surface area (Å²) in [7, 11) is 0. The van der Waals surface area contributed by atoms with E-state index < -0.39 is 36.4 Å².